The molecule has 4 aromatic heterocycles. The van der Waals surface area contributed by atoms with E-state index in [0.29, 0.717) is 6.42 Å². The number of furan rings is 1. The summed E-state index contributed by atoms with van der Waals surface area (Å²) in [6.07, 6.45) is 8.04. The molecule has 0 aliphatic rings. The van der Waals surface area contributed by atoms with Gasteiger partial charge in [-0.3, -0.25) is 4.57 Å². The molecule has 0 saturated heterocycles. The van der Waals surface area contributed by atoms with E-state index in [-0.39, 0.29) is 31.9 Å². The van der Waals surface area contributed by atoms with Gasteiger partial charge in [0.1, 0.15) is 5.82 Å². The molecule has 65 heavy (non-hydrogen) atoms. The standard InChI is InChI=1S/C59H48N4O.Pt/c1-58(2,3)43-28-26-41(27-29-43)45-19-14-20-49(46-17-7-9-21-50(46)59(4,5)6)57(45)62-38-61(52-23-11-12-24-53(52)62)44-16-13-15-39(34-44)33-40-25-30-48-47-18-8-10-22-51(47)63(54(48)35-40)56-36-42-31-32-64-55(42)37-60-56;/h7-32,36-37H,33H2,1-6H3;/q-2;. The maximum absolute atomic E-state index is 5.63. The van der Waals surface area contributed by atoms with Crippen LogP contribution in [0.2, 0.25) is 0 Å². The van der Waals surface area contributed by atoms with Crippen LogP contribution in [0.25, 0.3) is 83.3 Å². The average molecular weight is 1020 g/mol. The van der Waals surface area contributed by atoms with E-state index in [2.05, 4.69) is 225 Å². The molecule has 0 radical (unpaired) electrons. The van der Waals surface area contributed by atoms with Gasteiger partial charge in [-0.1, -0.05) is 156 Å². The van der Waals surface area contributed by atoms with Crippen molar-refractivity contribution in [3.63, 3.8) is 0 Å². The van der Waals surface area contributed by atoms with Crippen LogP contribution in [0.15, 0.2) is 175 Å². The van der Waals surface area contributed by atoms with Crippen molar-refractivity contribution in [3.8, 4) is 39.4 Å². The predicted molar refractivity (Wildman–Crippen MR) is 261 cm³/mol. The van der Waals surface area contributed by atoms with Crippen molar-refractivity contribution >= 4 is 43.8 Å². The van der Waals surface area contributed by atoms with E-state index in [4.69, 9.17) is 9.40 Å². The van der Waals surface area contributed by atoms with Gasteiger partial charge in [-0.2, -0.15) is 53.6 Å². The van der Waals surface area contributed by atoms with Crippen LogP contribution in [-0.2, 0) is 38.3 Å². The van der Waals surface area contributed by atoms with Gasteiger partial charge in [0.05, 0.1) is 29.2 Å². The van der Waals surface area contributed by atoms with E-state index in [0.717, 1.165) is 83.4 Å². The van der Waals surface area contributed by atoms with Gasteiger partial charge >= 0.3 is 0 Å². The Morgan fingerprint density at radius 1 is 0.615 bits per heavy atom. The first-order valence-corrected chi connectivity index (χ1v) is 22.1. The summed E-state index contributed by atoms with van der Waals surface area (Å²) >= 11 is 0. The molecule has 0 atom stereocenters. The number of benzene rings is 7. The number of aromatic nitrogens is 4. The molecule has 0 fully saturated rings. The van der Waals surface area contributed by atoms with Crippen molar-refractivity contribution < 1.29 is 30.0 Å². The summed E-state index contributed by atoms with van der Waals surface area (Å²) in [5.41, 5.74) is 16.4. The molecule has 4 heterocycles. The Labute approximate surface area is 394 Å². The van der Waals surface area contributed by atoms with Crippen molar-refractivity contribution in [1.29, 1.82) is 0 Å². The van der Waals surface area contributed by atoms with E-state index in [1.807, 2.05) is 6.07 Å². The van der Waals surface area contributed by atoms with Crippen LogP contribution in [0.4, 0.5) is 0 Å². The third kappa shape index (κ3) is 7.52. The fourth-order valence-electron chi connectivity index (χ4n) is 9.36. The number of fused-ring (bicyclic) bond motifs is 5. The quantitative estimate of drug-likeness (QED) is 0.118. The molecule has 0 bridgehead atoms. The second-order valence-corrected chi connectivity index (χ2v) is 18.9. The smallest absolute Gasteiger partial charge is 0.268 e. The van der Waals surface area contributed by atoms with Crippen molar-refractivity contribution in [2.75, 3.05) is 0 Å². The monoisotopic (exact) mass is 1020 g/mol. The van der Waals surface area contributed by atoms with E-state index >= 15 is 0 Å². The second kappa shape index (κ2) is 16.3. The summed E-state index contributed by atoms with van der Waals surface area (Å²) in [6.45, 7) is 13.7. The van der Waals surface area contributed by atoms with Crippen molar-refractivity contribution in [2.45, 2.75) is 58.8 Å². The number of rotatable bonds is 7. The van der Waals surface area contributed by atoms with Crippen LogP contribution in [0.5, 0.6) is 0 Å². The van der Waals surface area contributed by atoms with Crippen LogP contribution in [0, 0.1) is 18.5 Å². The Bertz CT molecular complexity index is 3560. The summed E-state index contributed by atoms with van der Waals surface area (Å²) in [6, 6.07) is 64.3. The molecule has 5 nitrogen and oxygen atoms in total. The molecule has 0 amide bonds. The minimum atomic E-state index is -0.0695. The van der Waals surface area contributed by atoms with E-state index in [1.165, 1.54) is 22.1 Å². The maximum Gasteiger partial charge on any atom is 0.268 e. The summed E-state index contributed by atoms with van der Waals surface area (Å²) < 4.78 is 12.3. The molecule has 0 spiro atoms. The largest absolute Gasteiger partial charge is 0.463 e. The third-order valence-corrected chi connectivity index (χ3v) is 12.6. The summed E-state index contributed by atoms with van der Waals surface area (Å²) in [5.74, 6) is 0.832. The molecule has 11 aromatic rings. The van der Waals surface area contributed by atoms with Gasteiger partial charge in [-0.15, -0.1) is 5.39 Å². The van der Waals surface area contributed by atoms with Crippen molar-refractivity contribution in [2.24, 2.45) is 0 Å². The van der Waals surface area contributed by atoms with Gasteiger partial charge < -0.3 is 13.6 Å². The molecule has 0 aliphatic carbocycles. The van der Waals surface area contributed by atoms with Gasteiger partial charge in [-0.25, -0.2) is 4.98 Å². The first kappa shape index (κ1) is 42.2. The fraction of sp³-hybridized carbons (Fsp3) is 0.153. The van der Waals surface area contributed by atoms with E-state index < -0.39 is 0 Å². The van der Waals surface area contributed by atoms with Gasteiger partial charge in [0.15, 0.2) is 5.58 Å². The topological polar surface area (TPSA) is 39.8 Å². The number of nitrogens with zero attached hydrogens (tertiary/aromatic N) is 4. The Hall–Kier alpha value is -6.81. The zero-order valence-electron chi connectivity index (χ0n) is 37.4. The zero-order valence-corrected chi connectivity index (χ0v) is 39.7. The number of pyridine rings is 1. The molecule has 11 rings (SSSR count). The summed E-state index contributed by atoms with van der Waals surface area (Å²) in [5, 5.41) is 3.32. The van der Waals surface area contributed by atoms with Crippen molar-refractivity contribution in [1.82, 2.24) is 14.1 Å². The van der Waals surface area contributed by atoms with E-state index in [9.17, 15) is 0 Å². The SMILES string of the molecule is CC(C)(C)c1ccc(-c2cccc(-c3ccccc3C(C)(C)C)c2-[n+]2[c-]n(-c3[c-]c(Cc4[c-]c5c(cc4)c4ccccc4n5-c4cc5ccoc5cn4)ccc3)c3ccccc32)cc1.[Pt]. The van der Waals surface area contributed by atoms with Gasteiger partial charge in [0, 0.05) is 32.0 Å². The molecule has 0 aliphatic heterocycles. The number of para-hydroxylation sites is 4. The van der Waals surface area contributed by atoms with Crippen LogP contribution >= 0.6 is 0 Å². The molecular formula is C59H48N4OPt-2. The predicted octanol–water partition coefficient (Wildman–Crippen LogP) is 14.1. The Morgan fingerprint density at radius 2 is 1.32 bits per heavy atom. The van der Waals surface area contributed by atoms with Crippen LogP contribution in [-0.4, -0.2) is 14.1 Å². The molecule has 6 heteroatoms. The maximum atomic E-state index is 5.63. The van der Waals surface area contributed by atoms with Gasteiger partial charge in [-0.05, 0) is 79.9 Å². The first-order valence-electron chi connectivity index (χ1n) is 22.1. The Morgan fingerprint density at radius 3 is 2.14 bits per heavy atom. The Balaban J connectivity index is 0.00000498. The molecule has 7 aromatic carbocycles. The number of hydrogen-bond donors (Lipinski definition) is 0. The molecule has 322 valence electrons. The average Bonchev–Trinajstić information content (AvgIpc) is 4.02. The third-order valence-electron chi connectivity index (χ3n) is 12.6. The molecule has 0 N–H and O–H groups in total. The Kier molecular flexibility index (Phi) is 10.6. The van der Waals surface area contributed by atoms with Crippen molar-refractivity contribution in [3.05, 3.63) is 211 Å². The van der Waals surface area contributed by atoms with E-state index in [1.54, 1.807) is 12.5 Å². The number of imidazole rings is 1. The zero-order chi connectivity index (χ0) is 43.7. The minimum Gasteiger partial charge on any atom is -0.463 e. The number of hydrogen-bond acceptors (Lipinski definition) is 2. The van der Waals surface area contributed by atoms with Crippen LogP contribution in [0.1, 0.15) is 63.8 Å². The molecular weight excluding hydrogens is 976 g/mol. The molecule has 0 unspecified atom stereocenters. The minimum absolute atomic E-state index is 0. The first-order chi connectivity index (χ1) is 31.0. The summed E-state index contributed by atoms with van der Waals surface area (Å²) in [4.78, 5) is 4.84. The second-order valence-electron chi connectivity index (χ2n) is 18.9. The molecule has 0 saturated carbocycles. The summed E-state index contributed by atoms with van der Waals surface area (Å²) in [7, 11) is 0. The van der Waals surface area contributed by atoms with Gasteiger partial charge in [0.2, 0.25) is 0 Å². The fourth-order valence-corrected chi connectivity index (χ4v) is 9.36. The van der Waals surface area contributed by atoms with Crippen LogP contribution < -0.4 is 4.57 Å². The van der Waals surface area contributed by atoms with Crippen LogP contribution in [0.3, 0.4) is 0 Å². The van der Waals surface area contributed by atoms with Gasteiger partial charge in [0.25, 0.3) is 6.33 Å². The normalized spacial score (nSPS) is 12.1.